The molecule has 0 spiro atoms. The van der Waals surface area contributed by atoms with Crippen molar-refractivity contribution in [3.63, 3.8) is 0 Å². The molecule has 0 amide bonds. The maximum Gasteiger partial charge on any atom is 0.350 e. The predicted molar refractivity (Wildman–Crippen MR) is 71.9 cm³/mol. The number of hydrogen-bond donors (Lipinski definition) is 1. The maximum absolute atomic E-state index is 11.7. The lowest BCUT2D eigenvalue weighted by molar-refractivity contribution is 0.0607. The van der Waals surface area contributed by atoms with Crippen LogP contribution in [-0.4, -0.2) is 13.1 Å². The standard InChI is InChI=1S/C13H15NO3S/c1-7(2)9-10(14)12(13(15)16-3)18-11(9)8-5-4-6-17-8/h4-7H,14H2,1-3H3. The zero-order valence-corrected chi connectivity index (χ0v) is 11.3. The van der Waals surface area contributed by atoms with E-state index in [0.29, 0.717) is 10.6 Å². The van der Waals surface area contributed by atoms with E-state index in [1.54, 1.807) is 6.26 Å². The lowest BCUT2D eigenvalue weighted by atomic mass is 10.0. The van der Waals surface area contributed by atoms with Crippen molar-refractivity contribution in [3.8, 4) is 10.6 Å². The number of thiophene rings is 1. The number of ether oxygens (including phenoxy) is 1. The average molecular weight is 265 g/mol. The van der Waals surface area contributed by atoms with Crippen LogP contribution in [0.5, 0.6) is 0 Å². The lowest BCUT2D eigenvalue weighted by Gasteiger charge is -2.07. The summed E-state index contributed by atoms with van der Waals surface area (Å²) in [7, 11) is 1.35. The molecule has 96 valence electrons. The smallest absolute Gasteiger partial charge is 0.350 e. The Morgan fingerprint density at radius 2 is 2.22 bits per heavy atom. The lowest BCUT2D eigenvalue weighted by Crippen LogP contribution is -2.03. The van der Waals surface area contributed by atoms with Gasteiger partial charge in [0, 0.05) is 5.56 Å². The molecule has 0 unspecified atom stereocenters. The molecule has 0 saturated carbocycles. The van der Waals surface area contributed by atoms with Gasteiger partial charge in [-0.2, -0.15) is 0 Å². The zero-order chi connectivity index (χ0) is 13.3. The Morgan fingerprint density at radius 1 is 1.50 bits per heavy atom. The summed E-state index contributed by atoms with van der Waals surface area (Å²) in [5, 5.41) is 0. The van der Waals surface area contributed by atoms with Crippen LogP contribution in [0.2, 0.25) is 0 Å². The molecule has 2 N–H and O–H groups in total. The number of carbonyl (C=O) groups excluding carboxylic acids is 1. The largest absolute Gasteiger partial charge is 0.465 e. The molecule has 2 aromatic rings. The highest BCUT2D eigenvalue weighted by molar-refractivity contribution is 7.18. The Labute approximate surface area is 109 Å². The van der Waals surface area contributed by atoms with E-state index in [0.717, 1.165) is 16.2 Å². The number of carbonyl (C=O) groups is 1. The first kappa shape index (κ1) is 12.7. The average Bonchev–Trinajstić information content (AvgIpc) is 2.94. The van der Waals surface area contributed by atoms with Crippen LogP contribution in [0.25, 0.3) is 10.6 Å². The highest BCUT2D eigenvalue weighted by atomic mass is 32.1. The van der Waals surface area contributed by atoms with Crippen LogP contribution in [0.1, 0.15) is 35.0 Å². The summed E-state index contributed by atoms with van der Waals surface area (Å²) < 4.78 is 10.1. The van der Waals surface area contributed by atoms with Crippen LogP contribution < -0.4 is 5.73 Å². The van der Waals surface area contributed by atoms with Crippen molar-refractivity contribution in [2.45, 2.75) is 19.8 Å². The summed E-state index contributed by atoms with van der Waals surface area (Å²) in [4.78, 5) is 13.0. The number of esters is 1. The topological polar surface area (TPSA) is 65.5 Å². The molecule has 0 saturated heterocycles. The number of rotatable bonds is 3. The van der Waals surface area contributed by atoms with Crippen LogP contribution in [0.15, 0.2) is 22.8 Å². The number of methoxy groups -OCH3 is 1. The van der Waals surface area contributed by atoms with E-state index in [9.17, 15) is 4.79 Å². The van der Waals surface area contributed by atoms with Gasteiger partial charge < -0.3 is 14.9 Å². The Hall–Kier alpha value is -1.75. The van der Waals surface area contributed by atoms with E-state index in [2.05, 4.69) is 0 Å². The summed E-state index contributed by atoms with van der Waals surface area (Å²) in [6.45, 7) is 4.07. The number of nitrogens with two attached hydrogens (primary N) is 1. The van der Waals surface area contributed by atoms with Crippen LogP contribution in [0, 0.1) is 0 Å². The molecule has 0 bridgehead atoms. The molecule has 4 nitrogen and oxygen atoms in total. The van der Waals surface area contributed by atoms with Gasteiger partial charge in [0.2, 0.25) is 0 Å². The Morgan fingerprint density at radius 3 is 2.72 bits per heavy atom. The normalized spacial score (nSPS) is 10.9. The summed E-state index contributed by atoms with van der Waals surface area (Å²) in [5.41, 5.74) is 7.49. The molecule has 0 aliphatic rings. The molecule has 0 atom stereocenters. The van der Waals surface area contributed by atoms with Crippen LogP contribution >= 0.6 is 11.3 Å². The van der Waals surface area contributed by atoms with Gasteiger partial charge in [0.25, 0.3) is 0 Å². The quantitative estimate of drug-likeness (QED) is 0.862. The number of furan rings is 1. The van der Waals surface area contributed by atoms with Crippen LogP contribution in [0.4, 0.5) is 5.69 Å². The van der Waals surface area contributed by atoms with E-state index >= 15 is 0 Å². The minimum Gasteiger partial charge on any atom is -0.465 e. The molecule has 2 heterocycles. The van der Waals surface area contributed by atoms with Gasteiger partial charge in [0.15, 0.2) is 0 Å². The number of hydrogen-bond acceptors (Lipinski definition) is 5. The minimum absolute atomic E-state index is 0.208. The SMILES string of the molecule is COC(=O)c1sc(-c2ccco2)c(C(C)C)c1N. The zero-order valence-electron chi connectivity index (χ0n) is 10.5. The number of anilines is 1. The molecular formula is C13H15NO3S. The molecule has 0 fully saturated rings. The Bertz CT molecular complexity index is 555. The van der Waals surface area contributed by atoms with Crippen molar-refractivity contribution in [2.75, 3.05) is 12.8 Å². The molecule has 0 aromatic carbocycles. The minimum atomic E-state index is -0.405. The first-order valence-corrected chi connectivity index (χ1v) is 6.42. The van der Waals surface area contributed by atoms with Crippen molar-refractivity contribution in [1.29, 1.82) is 0 Å². The second-order valence-electron chi connectivity index (χ2n) is 4.21. The summed E-state index contributed by atoms with van der Waals surface area (Å²) in [6.07, 6.45) is 1.60. The monoisotopic (exact) mass is 265 g/mol. The molecule has 5 heteroatoms. The molecule has 0 radical (unpaired) electrons. The predicted octanol–water partition coefficient (Wildman–Crippen LogP) is 3.50. The highest BCUT2D eigenvalue weighted by Crippen LogP contribution is 2.42. The third-order valence-electron chi connectivity index (χ3n) is 2.68. The molecule has 2 aromatic heterocycles. The highest BCUT2D eigenvalue weighted by Gasteiger charge is 2.25. The van der Waals surface area contributed by atoms with Crippen molar-refractivity contribution >= 4 is 23.0 Å². The van der Waals surface area contributed by atoms with Crippen LogP contribution in [0.3, 0.4) is 0 Å². The maximum atomic E-state index is 11.7. The van der Waals surface area contributed by atoms with Gasteiger partial charge in [0.05, 0.1) is 23.9 Å². The molecule has 0 aliphatic carbocycles. The van der Waals surface area contributed by atoms with Crippen LogP contribution in [-0.2, 0) is 4.74 Å². The first-order valence-electron chi connectivity index (χ1n) is 5.60. The molecule has 18 heavy (non-hydrogen) atoms. The second-order valence-corrected chi connectivity index (χ2v) is 5.23. The fourth-order valence-corrected chi connectivity index (χ4v) is 3.13. The van der Waals surface area contributed by atoms with Crippen molar-refractivity contribution in [1.82, 2.24) is 0 Å². The van der Waals surface area contributed by atoms with E-state index in [1.807, 2.05) is 26.0 Å². The van der Waals surface area contributed by atoms with Crippen molar-refractivity contribution in [3.05, 3.63) is 28.8 Å². The third kappa shape index (κ3) is 2.01. The van der Waals surface area contributed by atoms with E-state index in [4.69, 9.17) is 14.9 Å². The van der Waals surface area contributed by atoms with E-state index in [1.165, 1.54) is 18.4 Å². The molecular weight excluding hydrogens is 250 g/mol. The van der Waals surface area contributed by atoms with Gasteiger partial charge >= 0.3 is 5.97 Å². The van der Waals surface area contributed by atoms with Gasteiger partial charge in [0.1, 0.15) is 10.6 Å². The van der Waals surface area contributed by atoms with E-state index < -0.39 is 5.97 Å². The van der Waals surface area contributed by atoms with Gasteiger partial charge in [-0.3, -0.25) is 0 Å². The summed E-state index contributed by atoms with van der Waals surface area (Å²) in [6, 6.07) is 3.67. The van der Waals surface area contributed by atoms with Crippen molar-refractivity contribution in [2.24, 2.45) is 0 Å². The first-order chi connectivity index (χ1) is 8.56. The summed E-state index contributed by atoms with van der Waals surface area (Å²) >= 11 is 1.31. The Balaban J connectivity index is 2.62. The molecule has 2 rings (SSSR count). The Kier molecular flexibility index (Phi) is 3.43. The number of nitrogen functional groups attached to an aromatic ring is 1. The van der Waals surface area contributed by atoms with Gasteiger partial charge in [-0.15, -0.1) is 11.3 Å². The molecule has 0 aliphatic heterocycles. The second kappa shape index (κ2) is 4.86. The van der Waals surface area contributed by atoms with Crippen molar-refractivity contribution < 1.29 is 13.9 Å². The van der Waals surface area contributed by atoms with Gasteiger partial charge in [-0.1, -0.05) is 13.8 Å². The third-order valence-corrected chi connectivity index (χ3v) is 3.89. The summed E-state index contributed by atoms with van der Waals surface area (Å²) in [5.74, 6) is 0.530. The fraction of sp³-hybridized carbons (Fsp3) is 0.308. The van der Waals surface area contributed by atoms with Gasteiger partial charge in [-0.05, 0) is 18.1 Å². The van der Waals surface area contributed by atoms with E-state index in [-0.39, 0.29) is 5.92 Å². The van der Waals surface area contributed by atoms with Gasteiger partial charge in [-0.25, -0.2) is 4.79 Å². The fourth-order valence-electron chi connectivity index (χ4n) is 1.86.